The summed E-state index contributed by atoms with van der Waals surface area (Å²) in [5, 5.41) is 6.84. The number of ether oxygens (including phenoxy) is 3. The number of hydrogen-bond donors (Lipinski definition) is 1. The van der Waals surface area contributed by atoms with Crippen molar-refractivity contribution in [1.29, 1.82) is 0 Å². The second kappa shape index (κ2) is 9.86. The first-order valence-corrected chi connectivity index (χ1v) is 10.2. The lowest BCUT2D eigenvalue weighted by Gasteiger charge is -2.13. The molecule has 0 saturated carbocycles. The zero-order chi connectivity index (χ0) is 23.2. The molecule has 0 radical (unpaired) electrons. The van der Waals surface area contributed by atoms with Crippen LogP contribution in [0, 0.1) is 6.92 Å². The Bertz CT molecular complexity index is 1250. The van der Waals surface area contributed by atoms with E-state index in [1.165, 1.54) is 7.11 Å². The number of nitrogens with zero attached hydrogens (tertiary/aromatic N) is 2. The van der Waals surface area contributed by atoms with Crippen molar-refractivity contribution in [3.8, 4) is 40.1 Å². The highest BCUT2D eigenvalue weighted by atomic mass is 16.5. The molecule has 0 aliphatic heterocycles. The van der Waals surface area contributed by atoms with Gasteiger partial charge < -0.3 is 24.1 Å². The SMILES string of the molecule is COc1ccccc1NC(=O)COc1ccc(-c2noc(-c3ccc(C)cc3)n2)cc1OC. The van der Waals surface area contributed by atoms with E-state index in [4.69, 9.17) is 18.7 Å². The number of carbonyl (C=O) groups is 1. The number of nitrogens with one attached hydrogen (secondary N) is 1. The normalized spacial score (nSPS) is 10.5. The van der Waals surface area contributed by atoms with Gasteiger partial charge in [-0.25, -0.2) is 0 Å². The molecule has 1 amide bonds. The maximum atomic E-state index is 12.3. The zero-order valence-corrected chi connectivity index (χ0v) is 18.5. The van der Waals surface area contributed by atoms with E-state index in [0.717, 1.165) is 11.1 Å². The number of aromatic nitrogens is 2. The lowest BCUT2D eigenvalue weighted by molar-refractivity contribution is -0.118. The molecule has 4 rings (SSSR count). The number of aryl methyl sites for hydroxylation is 1. The molecular weight excluding hydrogens is 422 g/mol. The lowest BCUT2D eigenvalue weighted by atomic mass is 10.1. The van der Waals surface area contributed by atoms with E-state index in [1.54, 1.807) is 37.4 Å². The summed E-state index contributed by atoms with van der Waals surface area (Å²) in [5.41, 5.74) is 3.25. The van der Waals surface area contributed by atoms with Crippen LogP contribution < -0.4 is 19.5 Å². The first-order valence-electron chi connectivity index (χ1n) is 10.2. The highest BCUT2D eigenvalue weighted by Gasteiger charge is 2.15. The number of amides is 1. The second-order valence-corrected chi connectivity index (χ2v) is 7.19. The molecule has 1 N–H and O–H groups in total. The highest BCUT2D eigenvalue weighted by Crippen LogP contribution is 2.32. The van der Waals surface area contributed by atoms with Gasteiger partial charge in [0, 0.05) is 11.1 Å². The van der Waals surface area contributed by atoms with E-state index >= 15 is 0 Å². The average Bonchev–Trinajstić information content (AvgIpc) is 3.34. The van der Waals surface area contributed by atoms with E-state index in [2.05, 4.69) is 15.5 Å². The molecule has 0 spiro atoms. The standard InChI is InChI=1S/C25H23N3O5/c1-16-8-10-17(11-9-16)25-27-24(28-33-25)18-12-13-21(22(14-18)31-3)32-15-23(29)26-19-6-4-5-7-20(19)30-2/h4-14H,15H2,1-3H3,(H,26,29). The third-order valence-electron chi connectivity index (χ3n) is 4.89. The van der Waals surface area contributed by atoms with Crippen LogP contribution in [0.4, 0.5) is 5.69 Å². The fourth-order valence-electron chi connectivity index (χ4n) is 3.16. The fourth-order valence-corrected chi connectivity index (χ4v) is 3.16. The largest absolute Gasteiger partial charge is 0.495 e. The van der Waals surface area contributed by atoms with E-state index in [-0.39, 0.29) is 12.5 Å². The van der Waals surface area contributed by atoms with Crippen molar-refractivity contribution in [2.75, 3.05) is 26.1 Å². The van der Waals surface area contributed by atoms with Crippen molar-refractivity contribution in [1.82, 2.24) is 10.1 Å². The fraction of sp³-hybridized carbons (Fsp3) is 0.160. The minimum atomic E-state index is -0.327. The Morgan fingerprint density at radius 3 is 2.39 bits per heavy atom. The van der Waals surface area contributed by atoms with Crippen LogP contribution in [0.1, 0.15) is 5.56 Å². The van der Waals surface area contributed by atoms with Gasteiger partial charge in [-0.05, 0) is 49.4 Å². The van der Waals surface area contributed by atoms with E-state index in [9.17, 15) is 4.79 Å². The maximum Gasteiger partial charge on any atom is 0.262 e. The molecule has 33 heavy (non-hydrogen) atoms. The summed E-state index contributed by atoms with van der Waals surface area (Å²) < 4.78 is 21.8. The number of anilines is 1. The Balaban J connectivity index is 1.45. The Kier molecular flexibility index (Phi) is 6.54. The van der Waals surface area contributed by atoms with E-state index in [1.807, 2.05) is 43.3 Å². The van der Waals surface area contributed by atoms with Gasteiger partial charge in [0.2, 0.25) is 5.82 Å². The molecule has 0 aliphatic rings. The predicted molar refractivity (Wildman–Crippen MR) is 124 cm³/mol. The van der Waals surface area contributed by atoms with Crippen LogP contribution in [0.5, 0.6) is 17.2 Å². The Morgan fingerprint density at radius 2 is 1.64 bits per heavy atom. The van der Waals surface area contributed by atoms with Gasteiger partial charge in [-0.2, -0.15) is 4.98 Å². The molecule has 168 valence electrons. The minimum Gasteiger partial charge on any atom is -0.495 e. The van der Waals surface area contributed by atoms with Crippen molar-refractivity contribution in [3.63, 3.8) is 0 Å². The second-order valence-electron chi connectivity index (χ2n) is 7.19. The summed E-state index contributed by atoms with van der Waals surface area (Å²) in [6.45, 7) is 1.81. The van der Waals surface area contributed by atoms with Gasteiger partial charge >= 0.3 is 0 Å². The number of methoxy groups -OCH3 is 2. The summed E-state index contributed by atoms with van der Waals surface area (Å²) in [7, 11) is 3.07. The van der Waals surface area contributed by atoms with Crippen molar-refractivity contribution in [3.05, 3.63) is 72.3 Å². The van der Waals surface area contributed by atoms with E-state index < -0.39 is 0 Å². The Hall–Kier alpha value is -4.33. The molecule has 0 aliphatic carbocycles. The number of benzene rings is 3. The van der Waals surface area contributed by atoms with Crippen LogP contribution in [0.25, 0.3) is 22.8 Å². The van der Waals surface area contributed by atoms with Crippen LogP contribution in [-0.4, -0.2) is 36.9 Å². The third kappa shape index (κ3) is 5.12. The number of hydrogen-bond acceptors (Lipinski definition) is 7. The van der Waals surface area contributed by atoms with Crippen LogP contribution in [0.3, 0.4) is 0 Å². The molecule has 4 aromatic rings. The van der Waals surface area contributed by atoms with Crippen molar-refractivity contribution < 1.29 is 23.5 Å². The Labute approximate surface area is 191 Å². The molecule has 1 aromatic heterocycles. The van der Waals surface area contributed by atoms with Crippen LogP contribution >= 0.6 is 0 Å². The highest BCUT2D eigenvalue weighted by molar-refractivity contribution is 5.93. The first kappa shape index (κ1) is 21.9. The number of para-hydroxylation sites is 2. The summed E-state index contributed by atoms with van der Waals surface area (Å²) in [4.78, 5) is 16.8. The molecule has 8 nitrogen and oxygen atoms in total. The Morgan fingerprint density at radius 1 is 0.909 bits per heavy atom. The first-order chi connectivity index (χ1) is 16.1. The molecule has 0 unspecified atom stereocenters. The topological polar surface area (TPSA) is 95.7 Å². The van der Waals surface area contributed by atoms with Gasteiger partial charge in [-0.15, -0.1) is 0 Å². The smallest absolute Gasteiger partial charge is 0.262 e. The third-order valence-corrected chi connectivity index (χ3v) is 4.89. The monoisotopic (exact) mass is 445 g/mol. The molecule has 0 bridgehead atoms. The van der Waals surface area contributed by atoms with Gasteiger partial charge in [0.25, 0.3) is 11.8 Å². The van der Waals surface area contributed by atoms with Crippen molar-refractivity contribution >= 4 is 11.6 Å². The van der Waals surface area contributed by atoms with Crippen molar-refractivity contribution in [2.24, 2.45) is 0 Å². The van der Waals surface area contributed by atoms with Gasteiger partial charge in [-0.3, -0.25) is 4.79 Å². The number of rotatable bonds is 8. The minimum absolute atomic E-state index is 0.201. The number of carbonyl (C=O) groups excluding carboxylic acids is 1. The van der Waals surface area contributed by atoms with Crippen molar-refractivity contribution in [2.45, 2.75) is 6.92 Å². The molecule has 0 fully saturated rings. The summed E-state index contributed by atoms with van der Waals surface area (Å²) in [5.74, 6) is 1.95. The van der Waals surface area contributed by atoms with Crippen LogP contribution in [-0.2, 0) is 4.79 Å². The summed E-state index contributed by atoms with van der Waals surface area (Å²) in [6, 6.07) is 20.2. The van der Waals surface area contributed by atoms with Gasteiger partial charge in [0.1, 0.15) is 5.75 Å². The average molecular weight is 445 g/mol. The maximum absolute atomic E-state index is 12.3. The molecule has 3 aromatic carbocycles. The predicted octanol–water partition coefficient (Wildman–Crippen LogP) is 4.75. The van der Waals surface area contributed by atoms with Gasteiger partial charge in [0.15, 0.2) is 18.1 Å². The van der Waals surface area contributed by atoms with E-state index in [0.29, 0.717) is 40.2 Å². The molecule has 1 heterocycles. The molecular formula is C25H23N3O5. The van der Waals surface area contributed by atoms with Gasteiger partial charge in [-0.1, -0.05) is 35.0 Å². The molecule has 0 atom stereocenters. The lowest BCUT2D eigenvalue weighted by Crippen LogP contribution is -2.20. The molecule has 0 saturated heterocycles. The summed E-state index contributed by atoms with van der Waals surface area (Å²) >= 11 is 0. The van der Waals surface area contributed by atoms with Gasteiger partial charge in [0.05, 0.1) is 19.9 Å². The zero-order valence-electron chi connectivity index (χ0n) is 18.5. The van der Waals surface area contributed by atoms with Crippen LogP contribution in [0.15, 0.2) is 71.3 Å². The van der Waals surface area contributed by atoms with Crippen LogP contribution in [0.2, 0.25) is 0 Å². The quantitative estimate of drug-likeness (QED) is 0.418. The summed E-state index contributed by atoms with van der Waals surface area (Å²) in [6.07, 6.45) is 0. The molecule has 8 heteroatoms.